The minimum atomic E-state index is -0.0686. The van der Waals surface area contributed by atoms with Crippen LogP contribution in [0.4, 0.5) is 0 Å². The highest BCUT2D eigenvalue weighted by Gasteiger charge is 2.04. The Balaban J connectivity index is 3.74. The second-order valence-corrected chi connectivity index (χ2v) is 2.19. The summed E-state index contributed by atoms with van der Waals surface area (Å²) in [5.74, 6) is -0.0686. The van der Waals surface area contributed by atoms with Gasteiger partial charge in [0.25, 0.3) is 5.91 Å². The number of nitrogens with one attached hydrogen (secondary N) is 1. The summed E-state index contributed by atoms with van der Waals surface area (Å²) in [6.07, 6.45) is 2.33. The van der Waals surface area contributed by atoms with Gasteiger partial charge in [0.05, 0.1) is 0 Å². The van der Waals surface area contributed by atoms with E-state index in [4.69, 9.17) is 0 Å². The zero-order valence-electron chi connectivity index (χ0n) is 7.26. The Hall–Kier alpha value is -0.830. The minimum Gasteiger partial charge on any atom is -0.275 e. The largest absolute Gasteiger partial charge is 0.275 e. The maximum absolute atomic E-state index is 11.0. The normalized spacial score (nSPS) is 9.27. The summed E-state index contributed by atoms with van der Waals surface area (Å²) in [5.41, 5.74) is 2.98. The highest BCUT2D eigenvalue weighted by atomic mass is 16.2. The molecule has 0 spiro atoms. The maximum Gasteiger partial charge on any atom is 0.260 e. The third-order valence-electron chi connectivity index (χ3n) is 1.31. The van der Waals surface area contributed by atoms with E-state index in [2.05, 4.69) is 18.9 Å². The standard InChI is InChI=1S/C8H16N2O/c1-4-7-9-10(6-3)8(11)5-2/h5,9H,2,4,6-7H2,1,3H3. The highest BCUT2D eigenvalue weighted by molar-refractivity contribution is 5.86. The van der Waals surface area contributed by atoms with E-state index in [0.717, 1.165) is 13.0 Å². The van der Waals surface area contributed by atoms with Gasteiger partial charge in [-0.05, 0) is 19.4 Å². The zero-order chi connectivity index (χ0) is 8.69. The average molecular weight is 156 g/mol. The van der Waals surface area contributed by atoms with Crippen LogP contribution in [0.25, 0.3) is 0 Å². The summed E-state index contributed by atoms with van der Waals surface area (Å²) in [4.78, 5) is 11.0. The van der Waals surface area contributed by atoms with Crippen LogP contribution in [0.2, 0.25) is 0 Å². The number of nitrogens with zero attached hydrogens (tertiary/aromatic N) is 1. The van der Waals surface area contributed by atoms with Crippen LogP contribution >= 0.6 is 0 Å². The Labute approximate surface area is 68.0 Å². The molecule has 1 amide bonds. The fourth-order valence-corrected chi connectivity index (χ4v) is 0.703. The number of rotatable bonds is 5. The predicted molar refractivity (Wildman–Crippen MR) is 45.9 cm³/mol. The molecule has 0 aliphatic carbocycles. The molecule has 0 aromatic heterocycles. The van der Waals surface area contributed by atoms with Gasteiger partial charge >= 0.3 is 0 Å². The quantitative estimate of drug-likeness (QED) is 0.474. The number of hydrogen-bond acceptors (Lipinski definition) is 2. The molecule has 0 rings (SSSR count). The van der Waals surface area contributed by atoms with Gasteiger partial charge in [-0.25, -0.2) is 5.43 Å². The predicted octanol–water partition coefficient (Wildman–Crippen LogP) is 0.935. The van der Waals surface area contributed by atoms with Crippen molar-refractivity contribution < 1.29 is 4.79 Å². The van der Waals surface area contributed by atoms with Gasteiger partial charge in [-0.1, -0.05) is 13.5 Å². The molecule has 0 fully saturated rings. The lowest BCUT2D eigenvalue weighted by Crippen LogP contribution is -2.42. The molecule has 3 nitrogen and oxygen atoms in total. The molecule has 0 bridgehead atoms. The van der Waals surface area contributed by atoms with Gasteiger partial charge in [0.1, 0.15) is 0 Å². The van der Waals surface area contributed by atoms with E-state index < -0.39 is 0 Å². The first kappa shape index (κ1) is 10.2. The van der Waals surface area contributed by atoms with Crippen molar-refractivity contribution in [2.45, 2.75) is 20.3 Å². The summed E-state index contributed by atoms with van der Waals surface area (Å²) in [6.45, 7) is 8.88. The summed E-state index contributed by atoms with van der Waals surface area (Å²) in [6, 6.07) is 0. The van der Waals surface area contributed by atoms with E-state index in [-0.39, 0.29) is 5.91 Å². The van der Waals surface area contributed by atoms with Crippen molar-refractivity contribution >= 4 is 5.91 Å². The molecule has 0 aromatic carbocycles. The molecular formula is C8H16N2O. The molecule has 0 radical (unpaired) electrons. The molecule has 0 aliphatic heterocycles. The molecule has 1 N–H and O–H groups in total. The van der Waals surface area contributed by atoms with Gasteiger partial charge in [0, 0.05) is 13.1 Å². The number of amides is 1. The third-order valence-corrected chi connectivity index (χ3v) is 1.31. The number of carbonyl (C=O) groups excluding carboxylic acids is 1. The molecule has 0 heterocycles. The van der Waals surface area contributed by atoms with Crippen LogP contribution in [0, 0.1) is 0 Å². The first-order valence-electron chi connectivity index (χ1n) is 3.93. The van der Waals surface area contributed by atoms with Gasteiger partial charge in [-0.2, -0.15) is 0 Å². The van der Waals surface area contributed by atoms with Crippen molar-refractivity contribution in [3.05, 3.63) is 12.7 Å². The molecular weight excluding hydrogens is 140 g/mol. The zero-order valence-corrected chi connectivity index (χ0v) is 7.26. The molecule has 0 aromatic rings. The molecule has 3 heteroatoms. The lowest BCUT2D eigenvalue weighted by molar-refractivity contribution is -0.128. The van der Waals surface area contributed by atoms with Crippen molar-refractivity contribution in [2.75, 3.05) is 13.1 Å². The van der Waals surface area contributed by atoms with E-state index in [0.29, 0.717) is 6.54 Å². The smallest absolute Gasteiger partial charge is 0.260 e. The van der Waals surface area contributed by atoms with E-state index in [1.165, 1.54) is 6.08 Å². The Kier molecular flexibility index (Phi) is 5.47. The fourth-order valence-electron chi connectivity index (χ4n) is 0.703. The maximum atomic E-state index is 11.0. The van der Waals surface area contributed by atoms with Crippen molar-refractivity contribution in [1.29, 1.82) is 0 Å². The van der Waals surface area contributed by atoms with Gasteiger partial charge in [0.2, 0.25) is 0 Å². The molecule has 0 aliphatic rings. The summed E-state index contributed by atoms with van der Waals surface area (Å²) >= 11 is 0. The summed E-state index contributed by atoms with van der Waals surface area (Å²) in [5, 5.41) is 1.55. The number of hydrazine groups is 1. The molecule has 0 unspecified atom stereocenters. The average Bonchev–Trinajstić information content (AvgIpc) is 2.05. The summed E-state index contributed by atoms with van der Waals surface area (Å²) in [7, 11) is 0. The fraction of sp³-hybridized carbons (Fsp3) is 0.625. The second kappa shape index (κ2) is 5.92. The topological polar surface area (TPSA) is 32.3 Å². The van der Waals surface area contributed by atoms with Gasteiger partial charge < -0.3 is 0 Å². The SMILES string of the molecule is C=CC(=O)N(CC)NCCC. The van der Waals surface area contributed by atoms with Crippen LogP contribution in [0.5, 0.6) is 0 Å². The third kappa shape index (κ3) is 3.78. The number of carbonyl (C=O) groups is 1. The Morgan fingerprint density at radius 1 is 1.64 bits per heavy atom. The van der Waals surface area contributed by atoms with E-state index in [1.807, 2.05) is 6.92 Å². The van der Waals surface area contributed by atoms with Crippen LogP contribution in [-0.4, -0.2) is 24.0 Å². The molecule has 0 saturated heterocycles. The van der Waals surface area contributed by atoms with Crippen LogP contribution in [-0.2, 0) is 4.79 Å². The molecule has 64 valence electrons. The Morgan fingerprint density at radius 3 is 2.64 bits per heavy atom. The van der Waals surface area contributed by atoms with Gasteiger partial charge in [-0.15, -0.1) is 0 Å². The summed E-state index contributed by atoms with van der Waals surface area (Å²) < 4.78 is 0. The first-order chi connectivity index (χ1) is 5.26. The minimum absolute atomic E-state index is 0.0686. The van der Waals surface area contributed by atoms with Crippen molar-refractivity contribution in [3.8, 4) is 0 Å². The second-order valence-electron chi connectivity index (χ2n) is 2.19. The molecule has 0 atom stereocenters. The van der Waals surface area contributed by atoms with Crippen LogP contribution in [0.3, 0.4) is 0 Å². The van der Waals surface area contributed by atoms with Gasteiger partial charge in [-0.3, -0.25) is 9.80 Å². The van der Waals surface area contributed by atoms with E-state index >= 15 is 0 Å². The highest BCUT2D eigenvalue weighted by Crippen LogP contribution is 1.85. The van der Waals surface area contributed by atoms with Crippen LogP contribution in [0.15, 0.2) is 12.7 Å². The van der Waals surface area contributed by atoms with E-state index in [9.17, 15) is 4.79 Å². The monoisotopic (exact) mass is 156 g/mol. The van der Waals surface area contributed by atoms with Crippen molar-refractivity contribution in [3.63, 3.8) is 0 Å². The molecule has 11 heavy (non-hydrogen) atoms. The lowest BCUT2D eigenvalue weighted by atomic mass is 10.5. The first-order valence-corrected chi connectivity index (χ1v) is 3.93. The van der Waals surface area contributed by atoms with E-state index in [1.54, 1.807) is 5.01 Å². The molecule has 0 saturated carbocycles. The van der Waals surface area contributed by atoms with Crippen molar-refractivity contribution in [1.82, 2.24) is 10.4 Å². The van der Waals surface area contributed by atoms with Crippen molar-refractivity contribution in [2.24, 2.45) is 0 Å². The number of hydrogen-bond donors (Lipinski definition) is 1. The Morgan fingerprint density at radius 2 is 2.27 bits per heavy atom. The Bertz CT molecular complexity index is 134. The van der Waals surface area contributed by atoms with Crippen LogP contribution < -0.4 is 5.43 Å². The van der Waals surface area contributed by atoms with Crippen LogP contribution in [0.1, 0.15) is 20.3 Å². The number of likely N-dealkylation sites (N-methyl/N-ethyl adjacent to an activating group) is 1. The van der Waals surface area contributed by atoms with Gasteiger partial charge in [0.15, 0.2) is 0 Å². The lowest BCUT2D eigenvalue weighted by Gasteiger charge is -2.19.